The molecule has 1 fully saturated rings. The summed E-state index contributed by atoms with van der Waals surface area (Å²) in [5.41, 5.74) is 0.835. The molecular formula is C24H18N2O6S. The van der Waals surface area contributed by atoms with E-state index in [2.05, 4.69) is 21.5 Å². The summed E-state index contributed by atoms with van der Waals surface area (Å²) in [6, 6.07) is 12.8. The van der Waals surface area contributed by atoms with E-state index in [1.165, 1.54) is 11.5 Å². The third-order valence-corrected chi connectivity index (χ3v) is 6.20. The standard InChI is InChI=1S/C24H18N2O6S/c1-14-20(25-23(29)30-13-15-5-3-2-4-6-15)18(26-33-14)8-7-17-11-16-12-19(32-21(16)31-17)24(9-10-24)22(27)28/h2-6,11-12H,9-10,13H2,1H3,(H,25,29)(H,27,28). The van der Waals surface area contributed by atoms with Gasteiger partial charge in [-0.15, -0.1) is 0 Å². The number of amides is 1. The van der Waals surface area contributed by atoms with Crippen LogP contribution in [0.25, 0.3) is 11.2 Å². The maximum Gasteiger partial charge on any atom is 0.412 e. The summed E-state index contributed by atoms with van der Waals surface area (Å²) >= 11 is 1.22. The summed E-state index contributed by atoms with van der Waals surface area (Å²) in [4.78, 5) is 24.5. The average Bonchev–Trinajstić information content (AvgIpc) is 3.24. The van der Waals surface area contributed by atoms with Crippen molar-refractivity contribution in [1.82, 2.24) is 4.37 Å². The molecule has 1 saturated carbocycles. The van der Waals surface area contributed by atoms with E-state index in [9.17, 15) is 14.7 Å². The summed E-state index contributed by atoms with van der Waals surface area (Å²) in [5.74, 6) is 5.88. The zero-order valence-electron chi connectivity index (χ0n) is 17.5. The van der Waals surface area contributed by atoms with E-state index in [0.29, 0.717) is 41.1 Å². The molecule has 4 aromatic rings. The molecule has 0 spiro atoms. The van der Waals surface area contributed by atoms with E-state index in [4.69, 9.17) is 13.6 Å². The van der Waals surface area contributed by atoms with Crippen LogP contribution in [0.2, 0.25) is 0 Å². The van der Waals surface area contributed by atoms with E-state index < -0.39 is 17.5 Å². The van der Waals surface area contributed by atoms with Crippen molar-refractivity contribution in [2.24, 2.45) is 0 Å². The Morgan fingerprint density at radius 2 is 2.00 bits per heavy atom. The van der Waals surface area contributed by atoms with Crippen LogP contribution < -0.4 is 5.32 Å². The molecule has 0 aliphatic heterocycles. The molecule has 5 rings (SSSR count). The molecule has 3 heterocycles. The van der Waals surface area contributed by atoms with Gasteiger partial charge in [-0.25, -0.2) is 4.79 Å². The highest BCUT2D eigenvalue weighted by atomic mass is 32.1. The third kappa shape index (κ3) is 4.08. The topological polar surface area (TPSA) is 115 Å². The number of aliphatic carboxylic acids is 1. The zero-order chi connectivity index (χ0) is 23.0. The summed E-state index contributed by atoms with van der Waals surface area (Å²) in [6.45, 7) is 1.98. The number of hydrogen-bond acceptors (Lipinski definition) is 7. The first-order valence-corrected chi connectivity index (χ1v) is 11.0. The number of aryl methyl sites for hydroxylation is 1. The molecule has 3 aromatic heterocycles. The van der Waals surface area contributed by atoms with Gasteiger partial charge in [0.05, 0.1) is 11.1 Å². The number of nitrogens with zero attached hydrogens (tertiary/aromatic N) is 1. The molecule has 1 aromatic carbocycles. The highest BCUT2D eigenvalue weighted by molar-refractivity contribution is 7.06. The molecule has 0 bridgehead atoms. The van der Waals surface area contributed by atoms with E-state index >= 15 is 0 Å². The Balaban J connectivity index is 1.29. The summed E-state index contributed by atoms with van der Waals surface area (Å²) in [6.07, 6.45) is 0.510. The number of benzene rings is 1. The van der Waals surface area contributed by atoms with Gasteiger partial charge < -0.3 is 18.7 Å². The molecule has 1 aliphatic rings. The molecule has 33 heavy (non-hydrogen) atoms. The fraction of sp³-hybridized carbons (Fsp3) is 0.208. The Labute approximate surface area is 192 Å². The molecule has 0 unspecified atom stereocenters. The van der Waals surface area contributed by atoms with Crippen LogP contribution in [0.3, 0.4) is 0 Å². The minimum absolute atomic E-state index is 0.154. The number of carbonyl (C=O) groups excluding carboxylic acids is 1. The number of anilines is 1. The van der Waals surface area contributed by atoms with Crippen molar-refractivity contribution in [1.29, 1.82) is 0 Å². The first-order valence-electron chi connectivity index (χ1n) is 10.2. The predicted octanol–water partition coefficient (Wildman–Crippen LogP) is 5.06. The smallest absolute Gasteiger partial charge is 0.412 e. The number of carboxylic acid groups (broad SMARTS) is 1. The molecule has 0 radical (unpaired) electrons. The second-order valence-electron chi connectivity index (χ2n) is 7.75. The van der Waals surface area contributed by atoms with Gasteiger partial charge in [0, 0.05) is 10.9 Å². The lowest BCUT2D eigenvalue weighted by atomic mass is 10.0. The van der Waals surface area contributed by atoms with Crippen molar-refractivity contribution in [3.63, 3.8) is 0 Å². The normalized spacial score (nSPS) is 13.8. The second kappa shape index (κ2) is 8.15. The maximum absolute atomic E-state index is 12.2. The first kappa shape index (κ1) is 20.8. The maximum atomic E-state index is 12.2. The second-order valence-corrected chi connectivity index (χ2v) is 8.73. The van der Waals surface area contributed by atoms with Gasteiger partial charge in [0.1, 0.15) is 17.8 Å². The number of furan rings is 2. The van der Waals surface area contributed by atoms with Crippen molar-refractivity contribution in [2.75, 3.05) is 5.32 Å². The highest BCUT2D eigenvalue weighted by Crippen LogP contribution is 2.50. The third-order valence-electron chi connectivity index (χ3n) is 5.45. The number of ether oxygens (including phenoxy) is 1. The zero-order valence-corrected chi connectivity index (χ0v) is 18.3. The van der Waals surface area contributed by atoms with Gasteiger partial charge >= 0.3 is 12.1 Å². The lowest BCUT2D eigenvalue weighted by Gasteiger charge is -2.06. The molecular weight excluding hydrogens is 444 g/mol. The Kier molecular flexibility index (Phi) is 5.15. The predicted molar refractivity (Wildman–Crippen MR) is 120 cm³/mol. The van der Waals surface area contributed by atoms with Crippen LogP contribution in [0, 0.1) is 18.8 Å². The fourth-order valence-corrected chi connectivity index (χ4v) is 4.02. The molecule has 166 valence electrons. The van der Waals surface area contributed by atoms with Gasteiger partial charge in [-0.05, 0) is 54.8 Å². The van der Waals surface area contributed by atoms with Gasteiger partial charge in [0.15, 0.2) is 11.5 Å². The number of rotatable bonds is 5. The van der Waals surface area contributed by atoms with E-state index in [-0.39, 0.29) is 12.4 Å². The Morgan fingerprint density at radius 1 is 1.21 bits per heavy atom. The molecule has 2 N–H and O–H groups in total. The Hall–Kier alpha value is -4.03. The first-order chi connectivity index (χ1) is 15.9. The van der Waals surface area contributed by atoms with Gasteiger partial charge in [0.25, 0.3) is 5.78 Å². The van der Waals surface area contributed by atoms with Crippen molar-refractivity contribution < 1.29 is 28.3 Å². The minimum atomic E-state index is -0.929. The molecule has 9 heteroatoms. The highest BCUT2D eigenvalue weighted by Gasteiger charge is 2.54. The monoisotopic (exact) mass is 462 g/mol. The SMILES string of the molecule is Cc1snc(C#Cc2cc3cc(C4(C(=O)O)CC4)oc3o2)c1NC(=O)OCc1ccccc1. The average molecular weight is 462 g/mol. The molecule has 1 aliphatic carbocycles. The van der Waals surface area contributed by atoms with E-state index in [1.807, 2.05) is 37.3 Å². The van der Waals surface area contributed by atoms with Gasteiger partial charge in [-0.2, -0.15) is 4.37 Å². The van der Waals surface area contributed by atoms with Crippen molar-refractivity contribution in [2.45, 2.75) is 31.8 Å². The van der Waals surface area contributed by atoms with E-state index in [0.717, 1.165) is 10.4 Å². The van der Waals surface area contributed by atoms with Crippen LogP contribution in [0.1, 0.15) is 40.5 Å². The minimum Gasteiger partial charge on any atom is -0.480 e. The number of aromatic nitrogens is 1. The molecule has 1 amide bonds. The van der Waals surface area contributed by atoms with Gasteiger partial charge in [-0.3, -0.25) is 10.1 Å². The molecule has 8 nitrogen and oxygen atoms in total. The van der Waals surface area contributed by atoms with Gasteiger partial charge in [0.2, 0.25) is 0 Å². The number of carboxylic acids is 1. The number of fused-ring (bicyclic) bond motifs is 1. The van der Waals surface area contributed by atoms with Crippen LogP contribution in [0.5, 0.6) is 0 Å². The lowest BCUT2D eigenvalue weighted by Crippen LogP contribution is -2.18. The van der Waals surface area contributed by atoms with E-state index in [1.54, 1.807) is 12.1 Å². The van der Waals surface area contributed by atoms with Crippen LogP contribution in [0.15, 0.2) is 51.3 Å². The van der Waals surface area contributed by atoms with Crippen molar-refractivity contribution in [3.05, 3.63) is 70.1 Å². The molecule has 0 atom stereocenters. The van der Waals surface area contributed by atoms with Crippen LogP contribution >= 0.6 is 11.5 Å². The van der Waals surface area contributed by atoms with Crippen LogP contribution in [-0.4, -0.2) is 21.5 Å². The summed E-state index contributed by atoms with van der Waals surface area (Å²) in [5, 5.41) is 12.8. The van der Waals surface area contributed by atoms with Crippen molar-refractivity contribution in [3.8, 4) is 11.8 Å². The van der Waals surface area contributed by atoms with Gasteiger partial charge in [-0.1, -0.05) is 30.3 Å². The number of nitrogens with one attached hydrogen (secondary N) is 1. The Bertz CT molecular complexity index is 1380. The number of carbonyl (C=O) groups is 2. The summed E-state index contributed by atoms with van der Waals surface area (Å²) < 4.78 is 20.8. The lowest BCUT2D eigenvalue weighted by molar-refractivity contribution is -0.140. The van der Waals surface area contributed by atoms with Crippen molar-refractivity contribution >= 4 is 40.4 Å². The number of hydrogen-bond donors (Lipinski definition) is 2. The molecule has 0 saturated heterocycles. The Morgan fingerprint density at radius 3 is 2.70 bits per heavy atom. The van der Waals surface area contributed by atoms with Crippen LogP contribution in [-0.2, 0) is 21.6 Å². The largest absolute Gasteiger partial charge is 0.480 e. The summed E-state index contributed by atoms with van der Waals surface area (Å²) in [7, 11) is 0. The quantitative estimate of drug-likeness (QED) is 0.399. The van der Waals surface area contributed by atoms with Crippen LogP contribution in [0.4, 0.5) is 10.5 Å². The fourth-order valence-electron chi connectivity index (χ4n) is 3.41.